The summed E-state index contributed by atoms with van der Waals surface area (Å²) in [6, 6.07) is 15.1. The summed E-state index contributed by atoms with van der Waals surface area (Å²) >= 11 is 0. The summed E-state index contributed by atoms with van der Waals surface area (Å²) in [5, 5.41) is 23.6. The molecule has 5 heterocycles. The molecule has 2 aliphatic carbocycles. The van der Waals surface area contributed by atoms with E-state index in [9.17, 15) is 25.9 Å². The quantitative estimate of drug-likeness (QED) is 0.0872. The van der Waals surface area contributed by atoms with Crippen LogP contribution >= 0.6 is 0 Å². The molecule has 0 amide bonds. The number of rotatable bonds is 2. The van der Waals surface area contributed by atoms with Crippen molar-refractivity contribution in [2.45, 2.75) is 12.3 Å². The van der Waals surface area contributed by atoms with Gasteiger partial charge in [0.25, 0.3) is 0 Å². The molecule has 3 aliphatic heterocycles. The zero-order chi connectivity index (χ0) is 32.9. The Kier molecular flexibility index (Phi) is 10.3. The number of allylic oxidation sites excluding steroid dienone is 4. The first-order valence-corrected chi connectivity index (χ1v) is 17.7. The van der Waals surface area contributed by atoms with E-state index in [1.807, 2.05) is 48.5 Å². The number of nitrogens with one attached hydrogen (secondary N) is 6. The van der Waals surface area contributed by atoms with Gasteiger partial charge in [-0.3, -0.25) is 0 Å². The molecule has 2 aromatic carbocycles. The Morgan fingerprint density at radius 2 is 1.04 bits per heavy atom. The van der Waals surface area contributed by atoms with E-state index in [1.54, 1.807) is 12.2 Å². The van der Waals surface area contributed by atoms with Gasteiger partial charge < -0.3 is 51.0 Å². The van der Waals surface area contributed by atoms with Crippen LogP contribution in [-0.4, -0.2) is 38.3 Å². The van der Waals surface area contributed by atoms with Crippen LogP contribution in [0.3, 0.4) is 0 Å². The van der Waals surface area contributed by atoms with Gasteiger partial charge in [0, 0.05) is 35.1 Å². The van der Waals surface area contributed by atoms with Crippen LogP contribution in [0, 0.1) is 11.8 Å². The Labute approximate surface area is 347 Å². The fraction of sp³-hybridized carbons (Fsp3) is 0.125. The van der Waals surface area contributed by atoms with Crippen molar-refractivity contribution >= 4 is 65.1 Å². The normalized spacial score (nSPS) is 23.0. The average Bonchev–Trinajstić information content (AvgIpc) is 3.79. The van der Waals surface area contributed by atoms with Crippen molar-refractivity contribution in [1.29, 1.82) is 0 Å². The van der Waals surface area contributed by atoms with Crippen molar-refractivity contribution in [2.24, 2.45) is 11.8 Å². The summed E-state index contributed by atoms with van der Waals surface area (Å²) in [6.45, 7) is 0. The largest absolute Gasteiger partial charge is 2.00 e. The molecule has 0 spiro atoms. The third-order valence-electron chi connectivity index (χ3n) is 9.12. The number of hydrogen-bond donors (Lipinski definition) is 6. The molecule has 4 atom stereocenters. The zero-order valence-corrected chi connectivity index (χ0v) is 33.4. The summed E-state index contributed by atoms with van der Waals surface area (Å²) in [5.74, 6) is 2.06. The minimum atomic E-state index is -4.73. The monoisotopic (exact) mass is 789 g/mol. The summed E-state index contributed by atoms with van der Waals surface area (Å²) in [4.78, 5) is 9.12. The second-order valence-electron chi connectivity index (χ2n) is 11.9. The van der Waals surface area contributed by atoms with Crippen LogP contribution in [0.15, 0.2) is 118 Å². The first kappa shape index (κ1) is 37.8. The van der Waals surface area contributed by atoms with Gasteiger partial charge in [-0.2, -0.15) is 0 Å². The van der Waals surface area contributed by atoms with Crippen LogP contribution in [0.25, 0.3) is 21.5 Å². The van der Waals surface area contributed by atoms with Gasteiger partial charge in [0.2, 0.25) is 0 Å². The molecule has 253 valence electrons. The molecule has 2 aromatic heterocycles. The Bertz CT molecular complexity index is 2520. The first-order chi connectivity index (χ1) is 23.0. The second-order valence-corrected chi connectivity index (χ2v) is 14.7. The van der Waals surface area contributed by atoms with E-state index in [4.69, 9.17) is 9.97 Å². The Morgan fingerprint density at radius 3 is 1.57 bits per heavy atom. The van der Waals surface area contributed by atoms with Crippen molar-refractivity contribution in [3.05, 3.63) is 118 Å². The molecule has 4 aromatic rings. The maximum atomic E-state index is 12.0. The van der Waals surface area contributed by atoms with Gasteiger partial charge in [0.15, 0.2) is 0 Å². The molecule has 0 fully saturated rings. The maximum Gasteiger partial charge on any atom is 2.00 e. The van der Waals surface area contributed by atoms with Gasteiger partial charge in [0.1, 0.15) is 20.2 Å². The van der Waals surface area contributed by atoms with Crippen LogP contribution in [0.1, 0.15) is 0 Å². The van der Waals surface area contributed by atoms with Crippen molar-refractivity contribution in [1.82, 2.24) is 20.6 Å². The molecule has 51 heavy (non-hydrogen) atoms. The Balaban J connectivity index is 0.00000149. The SMILES string of the molecule is O=S(=O)([O-])C1=CC2=C3Nc4[n-]c(c5ccccc45)NC4=C5C=CC(S(=O)(=O)[O-])=CC5C(N4)Nc4[n-]c(c5ccccc45)NC(N3)C2C=C1.[Cu+2].[Na+].[Na+]. The van der Waals surface area contributed by atoms with E-state index < -0.39 is 44.4 Å². The minimum Gasteiger partial charge on any atom is -0.744 e. The number of fused-ring (bicyclic) bond motifs is 18. The number of hydrogen-bond acceptors (Lipinski definition) is 12. The van der Waals surface area contributed by atoms with Gasteiger partial charge in [-0.1, -0.05) is 66.8 Å². The predicted molar refractivity (Wildman–Crippen MR) is 178 cm³/mol. The first-order valence-electron chi connectivity index (χ1n) is 14.9. The number of aromatic nitrogens is 2. The predicted octanol–water partition coefficient (Wildman–Crippen LogP) is -3.21. The smallest absolute Gasteiger partial charge is 0.744 e. The summed E-state index contributed by atoms with van der Waals surface area (Å²) in [5.41, 5.74) is 1.26. The fourth-order valence-electron chi connectivity index (χ4n) is 6.91. The third kappa shape index (κ3) is 6.53. The van der Waals surface area contributed by atoms with E-state index in [1.165, 1.54) is 24.3 Å². The van der Waals surface area contributed by atoms with Crippen LogP contribution in [0.4, 0.5) is 23.3 Å². The van der Waals surface area contributed by atoms with Crippen LogP contribution in [0.2, 0.25) is 0 Å². The van der Waals surface area contributed by atoms with Gasteiger partial charge in [-0.25, -0.2) is 16.8 Å². The van der Waals surface area contributed by atoms with E-state index in [-0.39, 0.29) is 86.0 Å². The maximum absolute atomic E-state index is 12.0. The summed E-state index contributed by atoms with van der Waals surface area (Å²) < 4.78 is 72.2. The molecule has 8 bridgehead atoms. The molecule has 19 heteroatoms. The second kappa shape index (κ2) is 13.8. The van der Waals surface area contributed by atoms with E-state index in [2.05, 4.69) is 31.9 Å². The Morgan fingerprint density at radius 1 is 0.569 bits per heavy atom. The summed E-state index contributed by atoms with van der Waals surface area (Å²) in [7, 11) is -9.44. The van der Waals surface area contributed by atoms with Crippen LogP contribution in [0.5, 0.6) is 0 Å². The molecule has 14 nitrogen and oxygen atoms in total. The van der Waals surface area contributed by atoms with Crippen molar-refractivity contribution in [2.75, 3.05) is 21.3 Å². The molecular formula is C32H24CuN8Na2O6S2. The standard InChI is InChI=1S/C32H26N8O6S2.Cu.2Na/c41-47(42,43)15-9-11-21-23(13-15)32-38-28-20-8-4-2-6-18(20)26(34-28)36-30-22-12-10-16(48(44,45)46)14-24(22)31(40-30)37-27-19-7-3-1-5-17(19)25(33-27)35-29(21)39-32;;;/h1-14,21,24,29,31,35-40H,(H,41,42,43)(H,44,45,46);;;/q-2;+2;2*+1/p-2. The van der Waals surface area contributed by atoms with Crippen LogP contribution < -0.4 is 101 Å². The molecule has 9 rings (SSSR count). The minimum absolute atomic E-state index is 0. The van der Waals surface area contributed by atoms with E-state index in [0.717, 1.165) is 21.5 Å². The fourth-order valence-corrected chi connectivity index (χ4v) is 7.97. The number of anilines is 4. The molecule has 1 radical (unpaired) electrons. The molecule has 0 saturated carbocycles. The van der Waals surface area contributed by atoms with Crippen molar-refractivity contribution in [3.8, 4) is 0 Å². The molecular weight excluding hydrogens is 766 g/mol. The average molecular weight is 790 g/mol. The number of benzene rings is 2. The molecule has 6 N–H and O–H groups in total. The van der Waals surface area contributed by atoms with E-state index in [0.29, 0.717) is 46.1 Å². The third-order valence-corrected chi connectivity index (χ3v) is 10.8. The van der Waals surface area contributed by atoms with Gasteiger partial charge in [-0.05, 0) is 50.9 Å². The van der Waals surface area contributed by atoms with Crippen molar-refractivity contribution < 1.29 is 102 Å². The topological polar surface area (TPSA) is 215 Å². The summed E-state index contributed by atoms with van der Waals surface area (Å²) in [6.07, 6.45) is 7.58. The molecule has 0 saturated heterocycles. The van der Waals surface area contributed by atoms with Gasteiger partial charge in [-0.15, -0.1) is 0 Å². The van der Waals surface area contributed by atoms with E-state index >= 15 is 0 Å². The Hall–Kier alpha value is -2.90. The zero-order valence-electron chi connectivity index (χ0n) is 26.9. The van der Waals surface area contributed by atoms with Gasteiger partial charge in [0.05, 0.1) is 33.8 Å². The molecule has 5 aliphatic rings. The number of nitrogens with zero attached hydrogens (tertiary/aromatic N) is 2. The van der Waals surface area contributed by atoms with Gasteiger partial charge >= 0.3 is 76.2 Å². The van der Waals surface area contributed by atoms with Crippen LogP contribution in [-0.2, 0) is 37.3 Å². The molecule has 4 unspecified atom stereocenters. The van der Waals surface area contributed by atoms with Crippen molar-refractivity contribution in [3.63, 3.8) is 0 Å².